The summed E-state index contributed by atoms with van der Waals surface area (Å²) in [4.78, 5) is 16.7. The van der Waals surface area contributed by atoms with E-state index in [0.29, 0.717) is 17.2 Å². The molecular formula is C18H27N5O2. The molecule has 1 fully saturated rings. The van der Waals surface area contributed by atoms with Gasteiger partial charge in [-0.15, -0.1) is 10.2 Å². The fourth-order valence-corrected chi connectivity index (χ4v) is 3.51. The maximum absolute atomic E-state index is 12.7. The molecule has 1 aliphatic rings. The highest BCUT2D eigenvalue weighted by molar-refractivity contribution is 5.95. The molecular weight excluding hydrogens is 318 g/mol. The number of carbonyl (C=O) groups is 1. The summed E-state index contributed by atoms with van der Waals surface area (Å²) in [6.45, 7) is 5.97. The van der Waals surface area contributed by atoms with Gasteiger partial charge in [-0.25, -0.2) is 0 Å². The van der Waals surface area contributed by atoms with E-state index in [4.69, 9.17) is 4.42 Å². The second kappa shape index (κ2) is 7.00. The molecule has 3 rings (SSSR count). The van der Waals surface area contributed by atoms with Gasteiger partial charge in [-0.3, -0.25) is 4.79 Å². The average molecular weight is 345 g/mol. The van der Waals surface area contributed by atoms with Crippen LogP contribution in [0.2, 0.25) is 0 Å². The molecule has 2 aromatic rings. The third-order valence-corrected chi connectivity index (χ3v) is 4.88. The fraction of sp³-hybridized carbons (Fsp3) is 0.611. The minimum absolute atomic E-state index is 0.0686. The molecule has 0 spiro atoms. The van der Waals surface area contributed by atoms with Crippen molar-refractivity contribution in [3.05, 3.63) is 34.8 Å². The maximum Gasteiger partial charge on any atom is 0.257 e. The third kappa shape index (κ3) is 3.61. The predicted molar refractivity (Wildman–Crippen MR) is 94.5 cm³/mol. The minimum Gasteiger partial charge on any atom is -0.466 e. The molecule has 0 aliphatic carbocycles. The van der Waals surface area contributed by atoms with Gasteiger partial charge in [-0.2, -0.15) is 0 Å². The van der Waals surface area contributed by atoms with Gasteiger partial charge in [-0.05, 0) is 46.9 Å². The Kier molecular flexibility index (Phi) is 4.94. The number of carbonyl (C=O) groups excluding carboxylic acids is 1. The van der Waals surface area contributed by atoms with Crippen molar-refractivity contribution in [2.75, 3.05) is 27.2 Å². The van der Waals surface area contributed by atoms with Crippen LogP contribution in [0.15, 0.2) is 10.5 Å². The van der Waals surface area contributed by atoms with Crippen LogP contribution in [-0.2, 0) is 13.6 Å². The molecule has 1 aliphatic heterocycles. The second-order valence-electron chi connectivity index (χ2n) is 7.16. The zero-order chi connectivity index (χ0) is 18.1. The zero-order valence-corrected chi connectivity index (χ0v) is 15.7. The molecule has 2 aromatic heterocycles. The van der Waals surface area contributed by atoms with Crippen molar-refractivity contribution >= 4 is 5.91 Å². The van der Waals surface area contributed by atoms with Crippen molar-refractivity contribution in [2.45, 2.75) is 39.2 Å². The van der Waals surface area contributed by atoms with Crippen LogP contribution < -0.4 is 0 Å². The van der Waals surface area contributed by atoms with E-state index in [-0.39, 0.29) is 5.91 Å². The smallest absolute Gasteiger partial charge is 0.257 e. The molecule has 0 radical (unpaired) electrons. The molecule has 0 bridgehead atoms. The van der Waals surface area contributed by atoms with E-state index in [1.165, 1.54) is 0 Å². The molecule has 1 amide bonds. The lowest BCUT2D eigenvalue weighted by Gasteiger charge is -2.31. The standard InChI is InChI=1S/C18H27N5O2/c1-12-10-15(13(2)25-12)18(24)23-8-6-14(7-9-23)17-20-19-16(22(17)5)11-21(3)4/h10,14H,6-9,11H2,1-5H3. The molecule has 0 atom stereocenters. The Balaban J connectivity index is 1.65. The first-order valence-electron chi connectivity index (χ1n) is 8.76. The van der Waals surface area contributed by atoms with Crippen LogP contribution in [-0.4, -0.2) is 57.7 Å². The van der Waals surface area contributed by atoms with Gasteiger partial charge in [0, 0.05) is 26.1 Å². The lowest BCUT2D eigenvalue weighted by molar-refractivity contribution is 0.0708. The SMILES string of the molecule is Cc1cc(C(=O)N2CCC(c3nnc(CN(C)C)n3C)CC2)c(C)o1. The summed E-state index contributed by atoms with van der Waals surface area (Å²) in [5.74, 6) is 3.90. The first-order valence-corrected chi connectivity index (χ1v) is 8.76. The summed E-state index contributed by atoms with van der Waals surface area (Å²) in [7, 11) is 6.08. The van der Waals surface area contributed by atoms with Crippen molar-refractivity contribution in [3.63, 3.8) is 0 Å². The minimum atomic E-state index is 0.0686. The second-order valence-corrected chi connectivity index (χ2v) is 7.16. The molecule has 3 heterocycles. The van der Waals surface area contributed by atoms with Crippen molar-refractivity contribution in [2.24, 2.45) is 7.05 Å². The van der Waals surface area contributed by atoms with Crippen molar-refractivity contribution in [3.8, 4) is 0 Å². The van der Waals surface area contributed by atoms with Gasteiger partial charge in [0.25, 0.3) is 5.91 Å². The van der Waals surface area contributed by atoms with E-state index in [2.05, 4.69) is 19.7 Å². The number of rotatable bonds is 4. The van der Waals surface area contributed by atoms with Crippen molar-refractivity contribution in [1.82, 2.24) is 24.6 Å². The van der Waals surface area contributed by atoms with Crippen LogP contribution in [0.25, 0.3) is 0 Å². The van der Waals surface area contributed by atoms with Crippen molar-refractivity contribution in [1.29, 1.82) is 0 Å². The van der Waals surface area contributed by atoms with Crippen LogP contribution in [0.5, 0.6) is 0 Å². The number of hydrogen-bond acceptors (Lipinski definition) is 5. The van der Waals surface area contributed by atoms with Gasteiger partial charge in [0.15, 0.2) is 0 Å². The number of furan rings is 1. The number of aryl methyl sites for hydroxylation is 2. The van der Waals surface area contributed by atoms with Gasteiger partial charge >= 0.3 is 0 Å². The fourth-order valence-electron chi connectivity index (χ4n) is 3.51. The number of hydrogen-bond donors (Lipinski definition) is 0. The van der Waals surface area contributed by atoms with E-state index in [1.807, 2.05) is 46.0 Å². The Labute approximate surface area is 148 Å². The van der Waals surface area contributed by atoms with Gasteiger partial charge in [-0.1, -0.05) is 0 Å². The van der Waals surface area contributed by atoms with Gasteiger partial charge < -0.3 is 18.8 Å². The largest absolute Gasteiger partial charge is 0.466 e. The quantitative estimate of drug-likeness (QED) is 0.849. The molecule has 0 unspecified atom stereocenters. The molecule has 7 nitrogen and oxygen atoms in total. The van der Waals surface area contributed by atoms with E-state index < -0.39 is 0 Å². The molecule has 0 aromatic carbocycles. The highest BCUT2D eigenvalue weighted by Gasteiger charge is 2.29. The Morgan fingerprint density at radius 2 is 1.96 bits per heavy atom. The summed E-state index contributed by atoms with van der Waals surface area (Å²) in [5.41, 5.74) is 0.683. The lowest BCUT2D eigenvalue weighted by atomic mass is 9.95. The lowest BCUT2D eigenvalue weighted by Crippen LogP contribution is -2.38. The first-order chi connectivity index (χ1) is 11.9. The monoisotopic (exact) mass is 345 g/mol. The molecule has 0 N–H and O–H groups in total. The van der Waals surface area contributed by atoms with E-state index in [0.717, 1.165) is 49.9 Å². The summed E-state index contributed by atoms with van der Waals surface area (Å²) < 4.78 is 7.60. The average Bonchev–Trinajstić information content (AvgIpc) is 3.09. The third-order valence-electron chi connectivity index (χ3n) is 4.88. The number of likely N-dealkylation sites (tertiary alicyclic amines) is 1. The summed E-state index contributed by atoms with van der Waals surface area (Å²) in [6.07, 6.45) is 1.82. The summed E-state index contributed by atoms with van der Waals surface area (Å²) in [6, 6.07) is 1.83. The Morgan fingerprint density at radius 1 is 1.28 bits per heavy atom. The van der Waals surface area contributed by atoms with Gasteiger partial charge in [0.1, 0.15) is 23.2 Å². The van der Waals surface area contributed by atoms with Crippen LogP contribution in [0.4, 0.5) is 0 Å². The van der Waals surface area contributed by atoms with E-state index >= 15 is 0 Å². The van der Waals surface area contributed by atoms with Crippen LogP contribution in [0.1, 0.15) is 52.3 Å². The van der Waals surface area contributed by atoms with Crippen LogP contribution in [0.3, 0.4) is 0 Å². The molecule has 7 heteroatoms. The normalized spacial score (nSPS) is 16.0. The highest BCUT2D eigenvalue weighted by atomic mass is 16.3. The Hall–Kier alpha value is -2.15. The first kappa shape index (κ1) is 17.7. The number of aromatic nitrogens is 3. The molecule has 1 saturated heterocycles. The Bertz CT molecular complexity index is 754. The number of piperidine rings is 1. The maximum atomic E-state index is 12.7. The van der Waals surface area contributed by atoms with Crippen LogP contribution in [0, 0.1) is 13.8 Å². The topological polar surface area (TPSA) is 67.4 Å². The summed E-state index contributed by atoms with van der Waals surface area (Å²) in [5, 5.41) is 8.73. The Morgan fingerprint density at radius 3 is 2.52 bits per heavy atom. The van der Waals surface area contributed by atoms with Crippen molar-refractivity contribution < 1.29 is 9.21 Å². The van der Waals surface area contributed by atoms with Crippen LogP contribution >= 0.6 is 0 Å². The molecule has 0 saturated carbocycles. The predicted octanol–water partition coefficient (Wildman–Crippen LogP) is 2.11. The highest BCUT2D eigenvalue weighted by Crippen LogP contribution is 2.28. The van der Waals surface area contributed by atoms with E-state index in [9.17, 15) is 4.79 Å². The number of nitrogens with zero attached hydrogens (tertiary/aromatic N) is 5. The molecule has 136 valence electrons. The van der Waals surface area contributed by atoms with E-state index in [1.54, 1.807) is 0 Å². The summed E-state index contributed by atoms with van der Waals surface area (Å²) >= 11 is 0. The van der Waals surface area contributed by atoms with Gasteiger partial charge in [0.05, 0.1) is 12.1 Å². The zero-order valence-electron chi connectivity index (χ0n) is 15.7. The molecule has 25 heavy (non-hydrogen) atoms. The van der Waals surface area contributed by atoms with Gasteiger partial charge in [0.2, 0.25) is 0 Å². The number of amides is 1.